The molecule has 7 rings (SSSR count). The first-order valence-corrected chi connectivity index (χ1v) is 20.7. The number of nitriles is 9. The molecule has 0 aliphatic rings. The molecule has 0 aliphatic heterocycles. The summed E-state index contributed by atoms with van der Waals surface area (Å²) >= 11 is 0. The van der Waals surface area contributed by atoms with Crippen LogP contribution in [0.1, 0.15) is 16.7 Å². The van der Waals surface area contributed by atoms with E-state index in [1.54, 1.807) is 72.8 Å². The molecule has 69 heavy (non-hydrogen) atoms. The van der Waals surface area contributed by atoms with Crippen LogP contribution in [0.2, 0.25) is 0 Å². The molecule has 0 saturated heterocycles. The van der Waals surface area contributed by atoms with Gasteiger partial charge in [-0.2, -0.15) is 47.4 Å². The Morgan fingerprint density at radius 3 is 0.623 bits per heavy atom. The quantitative estimate of drug-likeness (QED) is 0.104. The highest BCUT2D eigenvalue weighted by Crippen LogP contribution is 2.46. The van der Waals surface area contributed by atoms with E-state index < -0.39 is 0 Å². The molecule has 0 aliphatic carbocycles. The molecule has 12 nitrogen and oxygen atoms in total. The van der Waals surface area contributed by atoms with Crippen molar-refractivity contribution in [2.45, 2.75) is 0 Å². The van der Waals surface area contributed by atoms with Gasteiger partial charge in [0.15, 0.2) is 0 Å². The lowest BCUT2D eigenvalue weighted by atomic mass is 10.0. The first kappa shape index (κ1) is 45.6. The summed E-state index contributed by atoms with van der Waals surface area (Å²) in [4.78, 5) is 6.06. The molecule has 0 unspecified atom stereocenters. The fourth-order valence-corrected chi connectivity index (χ4v) is 7.58. The molecule has 0 heterocycles. The molecule has 12 heteroatoms. The first-order chi connectivity index (χ1) is 33.8. The maximum atomic E-state index is 9.98. The van der Waals surface area contributed by atoms with Crippen LogP contribution in [-0.2, 0) is 0 Å². The van der Waals surface area contributed by atoms with Gasteiger partial charge in [0, 0.05) is 34.1 Å². The van der Waals surface area contributed by atoms with Crippen molar-refractivity contribution in [2.75, 3.05) is 14.7 Å². The minimum atomic E-state index is -0.309. The molecule has 7 aromatic carbocycles. The Labute approximate surface area is 398 Å². The van der Waals surface area contributed by atoms with Gasteiger partial charge in [-0.05, 0) is 108 Å². The SMILES string of the molecule is N#CC(C#N)=C(C#N)c1ccc(N(c2ccccc2)c2cc(N(c3ccccc3)c3ccc(C(C#N)=C(C#N)C#N)cc3)cc(N(c3ccccc3)c3ccc(C(C#N)=C(C#N)C#N)cc3)c2)cc1. The van der Waals surface area contributed by atoms with Crippen LogP contribution in [-0.4, -0.2) is 0 Å². The Morgan fingerprint density at radius 1 is 0.232 bits per heavy atom. The molecule has 0 radical (unpaired) electrons. The van der Waals surface area contributed by atoms with Crippen molar-refractivity contribution in [3.05, 3.63) is 215 Å². The van der Waals surface area contributed by atoms with Crippen LogP contribution >= 0.6 is 0 Å². The smallest absolute Gasteiger partial charge is 0.148 e. The molecular formula is C57H30N12. The second-order valence-corrected chi connectivity index (χ2v) is 14.6. The van der Waals surface area contributed by atoms with E-state index in [2.05, 4.69) is 0 Å². The molecule has 0 fully saturated rings. The third-order valence-corrected chi connectivity index (χ3v) is 10.7. The van der Waals surface area contributed by atoms with Gasteiger partial charge < -0.3 is 14.7 Å². The summed E-state index contributed by atoms with van der Waals surface area (Å²) in [7, 11) is 0. The van der Waals surface area contributed by atoms with Gasteiger partial charge in [0.05, 0.1) is 33.8 Å². The maximum Gasteiger partial charge on any atom is 0.148 e. The van der Waals surface area contributed by atoms with Crippen LogP contribution in [0.4, 0.5) is 51.2 Å². The van der Waals surface area contributed by atoms with Crippen LogP contribution in [0.3, 0.4) is 0 Å². The summed E-state index contributed by atoms with van der Waals surface area (Å²) in [6, 6.07) is 72.6. The predicted molar refractivity (Wildman–Crippen MR) is 262 cm³/mol. The number of hydrogen-bond acceptors (Lipinski definition) is 12. The van der Waals surface area contributed by atoms with Gasteiger partial charge in [0.1, 0.15) is 71.3 Å². The van der Waals surface area contributed by atoms with Gasteiger partial charge in [-0.1, -0.05) is 91.0 Å². The van der Waals surface area contributed by atoms with Crippen molar-refractivity contribution in [2.24, 2.45) is 0 Å². The van der Waals surface area contributed by atoms with Crippen LogP contribution in [0.15, 0.2) is 199 Å². The first-order valence-electron chi connectivity index (χ1n) is 20.7. The fraction of sp³-hybridized carbons (Fsp3) is 0. The summed E-state index contributed by atoms with van der Waals surface area (Å²) in [6.07, 6.45) is 0. The van der Waals surface area contributed by atoms with E-state index in [9.17, 15) is 47.4 Å². The fourth-order valence-electron chi connectivity index (χ4n) is 7.58. The van der Waals surface area contributed by atoms with Gasteiger partial charge in [-0.3, -0.25) is 0 Å². The number of rotatable bonds is 12. The van der Waals surface area contributed by atoms with E-state index in [1.807, 2.05) is 179 Å². The van der Waals surface area contributed by atoms with Crippen molar-refractivity contribution in [3.8, 4) is 54.6 Å². The Bertz CT molecular complexity index is 3130. The highest BCUT2D eigenvalue weighted by atomic mass is 15.2. The Morgan fingerprint density at radius 2 is 0.435 bits per heavy atom. The zero-order chi connectivity index (χ0) is 48.7. The minimum absolute atomic E-state index is 0.0566. The highest BCUT2D eigenvalue weighted by molar-refractivity contribution is 5.92. The Balaban J connectivity index is 1.54. The molecule has 318 valence electrons. The third-order valence-electron chi connectivity index (χ3n) is 10.7. The standard InChI is InChI=1S/C57H30N12/c58-31-43(32-59)55(37-64)40-16-22-49(23-17-40)67(46-10-4-1-5-11-46)52-28-53(68(47-12-6-2-7-13-47)50-24-18-41(19-25-50)56(38-65)44(33-60)34-61)30-54(29-52)69(48-14-8-3-9-15-48)51-26-20-42(21-27-51)57(39-66)45(35-62)36-63/h1-30H. The summed E-state index contributed by atoms with van der Waals surface area (Å²) in [5.41, 5.74) is 6.30. The van der Waals surface area contributed by atoms with E-state index >= 15 is 0 Å². The van der Waals surface area contributed by atoms with Crippen LogP contribution in [0, 0.1) is 102 Å². The van der Waals surface area contributed by atoms with Crippen molar-refractivity contribution in [1.82, 2.24) is 0 Å². The molecule has 0 aromatic heterocycles. The number of anilines is 9. The zero-order valence-electron chi connectivity index (χ0n) is 36.2. The van der Waals surface area contributed by atoms with Crippen LogP contribution in [0.25, 0.3) is 16.7 Å². The molecule has 0 bridgehead atoms. The third kappa shape index (κ3) is 9.59. The number of allylic oxidation sites excluding steroid dienone is 6. The van der Waals surface area contributed by atoms with E-state index in [1.165, 1.54) is 0 Å². The number of nitrogens with zero attached hydrogens (tertiary/aromatic N) is 12. The Hall–Kier alpha value is -11.4. The summed E-state index contributed by atoms with van der Waals surface area (Å²) in [5, 5.41) is 87.6. The van der Waals surface area contributed by atoms with E-state index in [0.29, 0.717) is 50.8 Å². The molecule has 7 aromatic rings. The maximum absolute atomic E-state index is 9.98. The van der Waals surface area contributed by atoms with Crippen molar-refractivity contribution < 1.29 is 0 Å². The molecule has 0 atom stereocenters. The van der Waals surface area contributed by atoms with Crippen molar-refractivity contribution >= 4 is 67.9 Å². The molecule has 0 amide bonds. The molecule has 0 spiro atoms. The van der Waals surface area contributed by atoms with Gasteiger partial charge in [-0.15, -0.1) is 0 Å². The average Bonchev–Trinajstić information content (AvgIpc) is 3.40. The van der Waals surface area contributed by atoms with E-state index in [4.69, 9.17) is 0 Å². The summed E-state index contributed by atoms with van der Waals surface area (Å²) < 4.78 is 0. The average molecular weight is 883 g/mol. The largest absolute Gasteiger partial charge is 0.310 e. The van der Waals surface area contributed by atoms with Gasteiger partial charge in [-0.25, -0.2) is 0 Å². The van der Waals surface area contributed by atoms with E-state index in [-0.39, 0.29) is 33.4 Å². The Kier molecular flexibility index (Phi) is 14.1. The lowest BCUT2D eigenvalue weighted by Gasteiger charge is -2.33. The lowest BCUT2D eigenvalue weighted by molar-refractivity contribution is 1.22. The normalized spacial score (nSPS) is 9.61. The summed E-state index contributed by atoms with van der Waals surface area (Å²) in [6.45, 7) is 0. The lowest BCUT2D eigenvalue weighted by Crippen LogP contribution is -2.16. The predicted octanol–water partition coefficient (Wildman–Crippen LogP) is 13.1. The van der Waals surface area contributed by atoms with Crippen molar-refractivity contribution in [3.63, 3.8) is 0 Å². The van der Waals surface area contributed by atoms with Gasteiger partial charge >= 0.3 is 0 Å². The monoisotopic (exact) mass is 882 g/mol. The van der Waals surface area contributed by atoms with Gasteiger partial charge in [0.25, 0.3) is 0 Å². The highest BCUT2D eigenvalue weighted by Gasteiger charge is 2.23. The zero-order valence-corrected chi connectivity index (χ0v) is 36.2. The number of para-hydroxylation sites is 3. The van der Waals surface area contributed by atoms with Crippen LogP contribution < -0.4 is 14.7 Å². The topological polar surface area (TPSA) is 224 Å². The number of benzene rings is 7. The second-order valence-electron chi connectivity index (χ2n) is 14.6. The summed E-state index contributed by atoms with van der Waals surface area (Å²) in [5.74, 6) is 0. The van der Waals surface area contributed by atoms with Crippen molar-refractivity contribution in [1.29, 1.82) is 47.4 Å². The van der Waals surface area contributed by atoms with E-state index in [0.717, 1.165) is 17.1 Å². The number of hydrogen-bond donors (Lipinski definition) is 0. The molecule has 0 saturated carbocycles. The second kappa shape index (κ2) is 21.3. The molecule has 0 N–H and O–H groups in total. The molecular weight excluding hydrogens is 853 g/mol. The van der Waals surface area contributed by atoms with Crippen LogP contribution in [0.5, 0.6) is 0 Å². The minimum Gasteiger partial charge on any atom is -0.310 e. The van der Waals surface area contributed by atoms with Gasteiger partial charge in [0.2, 0.25) is 0 Å².